The van der Waals surface area contributed by atoms with Crippen molar-refractivity contribution in [3.05, 3.63) is 34.3 Å². The lowest BCUT2D eigenvalue weighted by molar-refractivity contribution is 0.143. The number of hydrogen-bond donors (Lipinski definition) is 1. The Labute approximate surface area is 86.9 Å². The molecule has 0 aliphatic heterocycles. The number of hydrogen-bond acceptors (Lipinski definition) is 1. The number of halogens is 1. The van der Waals surface area contributed by atoms with E-state index < -0.39 is 5.60 Å². The van der Waals surface area contributed by atoms with Gasteiger partial charge in [0.1, 0.15) is 5.60 Å². The molecule has 1 aromatic rings. The zero-order chi connectivity index (χ0) is 9.90. The first-order valence-electron chi connectivity index (χ1n) is 3.98. The van der Waals surface area contributed by atoms with Crippen molar-refractivity contribution >= 4 is 15.9 Å². The fourth-order valence-electron chi connectivity index (χ4n) is 0.758. The minimum atomic E-state index is -0.924. The molecule has 0 fully saturated rings. The first kappa shape index (κ1) is 10.3. The van der Waals surface area contributed by atoms with E-state index in [2.05, 4.69) is 27.8 Å². The lowest BCUT2D eigenvalue weighted by Crippen LogP contribution is -2.14. The van der Waals surface area contributed by atoms with Crippen LogP contribution < -0.4 is 0 Å². The lowest BCUT2D eigenvalue weighted by Gasteiger charge is -2.05. The molecule has 0 heterocycles. The van der Waals surface area contributed by atoms with E-state index in [1.54, 1.807) is 13.8 Å². The molecule has 1 nitrogen and oxygen atoms in total. The number of rotatable bonds is 0. The molecule has 13 heavy (non-hydrogen) atoms. The summed E-state index contributed by atoms with van der Waals surface area (Å²) in [5, 5.41) is 9.35. The minimum absolute atomic E-state index is 0.908. The molecule has 0 aliphatic carbocycles. The van der Waals surface area contributed by atoms with Gasteiger partial charge in [-0.2, -0.15) is 0 Å². The van der Waals surface area contributed by atoms with E-state index in [0.717, 1.165) is 10.0 Å². The molecule has 0 atom stereocenters. The highest BCUT2D eigenvalue weighted by Gasteiger charge is 2.05. The van der Waals surface area contributed by atoms with Crippen LogP contribution in [0.2, 0.25) is 0 Å². The summed E-state index contributed by atoms with van der Waals surface area (Å²) in [6.07, 6.45) is 0. The van der Waals surface area contributed by atoms with E-state index in [1.807, 2.05) is 24.3 Å². The smallest absolute Gasteiger partial charge is 0.120 e. The van der Waals surface area contributed by atoms with Crippen molar-refractivity contribution in [1.29, 1.82) is 0 Å². The molecule has 0 unspecified atom stereocenters. The minimum Gasteiger partial charge on any atom is -0.378 e. The average Bonchev–Trinajstić information content (AvgIpc) is 2.02. The van der Waals surface area contributed by atoms with Crippen LogP contribution in [0.25, 0.3) is 0 Å². The molecule has 2 heteroatoms. The Kier molecular flexibility index (Phi) is 3.13. The zero-order valence-electron chi connectivity index (χ0n) is 7.63. The van der Waals surface area contributed by atoms with Crippen molar-refractivity contribution < 1.29 is 5.11 Å². The van der Waals surface area contributed by atoms with E-state index >= 15 is 0 Å². The fraction of sp³-hybridized carbons (Fsp3) is 0.273. The molecule has 0 saturated carbocycles. The molecular formula is C11H11BrO. The van der Waals surface area contributed by atoms with Crippen molar-refractivity contribution in [3.63, 3.8) is 0 Å². The molecule has 0 aliphatic rings. The Morgan fingerprint density at radius 1 is 1.23 bits per heavy atom. The van der Waals surface area contributed by atoms with Crippen LogP contribution in [0.15, 0.2) is 28.7 Å². The number of aliphatic hydroxyl groups is 1. The van der Waals surface area contributed by atoms with Crippen LogP contribution in [-0.2, 0) is 0 Å². The summed E-state index contributed by atoms with van der Waals surface area (Å²) in [6.45, 7) is 3.33. The quantitative estimate of drug-likeness (QED) is 0.690. The maximum atomic E-state index is 9.35. The van der Waals surface area contributed by atoms with E-state index in [9.17, 15) is 5.11 Å². The van der Waals surface area contributed by atoms with Gasteiger partial charge in [0.15, 0.2) is 0 Å². The van der Waals surface area contributed by atoms with Gasteiger partial charge >= 0.3 is 0 Å². The lowest BCUT2D eigenvalue weighted by atomic mass is 10.1. The summed E-state index contributed by atoms with van der Waals surface area (Å²) in [7, 11) is 0. The van der Waals surface area contributed by atoms with Gasteiger partial charge in [-0.15, -0.1) is 0 Å². The molecule has 0 radical (unpaired) electrons. The molecule has 68 valence electrons. The van der Waals surface area contributed by atoms with Gasteiger partial charge in [-0.3, -0.25) is 0 Å². The van der Waals surface area contributed by atoms with Crippen LogP contribution in [0, 0.1) is 11.8 Å². The molecule has 0 bridgehead atoms. The van der Waals surface area contributed by atoms with Gasteiger partial charge in [0.25, 0.3) is 0 Å². The van der Waals surface area contributed by atoms with Crippen molar-refractivity contribution in [1.82, 2.24) is 0 Å². The second kappa shape index (κ2) is 3.95. The summed E-state index contributed by atoms with van der Waals surface area (Å²) in [5.41, 5.74) is -0.0158. The summed E-state index contributed by atoms with van der Waals surface area (Å²) in [5.74, 6) is 5.64. The molecule has 1 N–H and O–H groups in total. The van der Waals surface area contributed by atoms with E-state index in [4.69, 9.17) is 0 Å². The molecule has 1 rings (SSSR count). The van der Waals surface area contributed by atoms with Gasteiger partial charge in [-0.05, 0) is 38.1 Å². The molecule has 1 aromatic carbocycles. The van der Waals surface area contributed by atoms with Gasteiger partial charge in [0.2, 0.25) is 0 Å². The zero-order valence-corrected chi connectivity index (χ0v) is 9.22. The van der Waals surface area contributed by atoms with Crippen LogP contribution >= 0.6 is 15.9 Å². The highest BCUT2D eigenvalue weighted by Crippen LogP contribution is 2.09. The summed E-state index contributed by atoms with van der Waals surface area (Å²) >= 11 is 3.34. The second-order valence-corrected chi connectivity index (χ2v) is 4.23. The van der Waals surface area contributed by atoms with Crippen LogP contribution in [0.1, 0.15) is 19.4 Å². The van der Waals surface area contributed by atoms with E-state index in [1.165, 1.54) is 0 Å². The number of benzene rings is 1. The predicted octanol–water partition coefficient (Wildman–Crippen LogP) is 2.57. The molecule has 0 aromatic heterocycles. The molecule has 0 saturated heterocycles. The van der Waals surface area contributed by atoms with E-state index in [-0.39, 0.29) is 0 Å². The normalized spacial score (nSPS) is 10.5. The predicted molar refractivity (Wildman–Crippen MR) is 57.3 cm³/mol. The van der Waals surface area contributed by atoms with Gasteiger partial charge < -0.3 is 5.11 Å². The molecule has 0 amide bonds. The van der Waals surface area contributed by atoms with Crippen molar-refractivity contribution in [3.8, 4) is 11.8 Å². The second-order valence-electron chi connectivity index (χ2n) is 3.32. The van der Waals surface area contributed by atoms with Crippen LogP contribution in [-0.4, -0.2) is 10.7 Å². The summed E-state index contributed by atoms with van der Waals surface area (Å²) in [4.78, 5) is 0. The highest BCUT2D eigenvalue weighted by molar-refractivity contribution is 9.10. The Balaban J connectivity index is 2.85. The summed E-state index contributed by atoms with van der Waals surface area (Å²) < 4.78 is 1.03. The first-order chi connectivity index (χ1) is 5.97. The van der Waals surface area contributed by atoms with Crippen molar-refractivity contribution in [2.75, 3.05) is 0 Å². The summed E-state index contributed by atoms with van der Waals surface area (Å²) in [6, 6.07) is 7.66. The van der Waals surface area contributed by atoms with Gasteiger partial charge in [-0.1, -0.05) is 27.8 Å². The van der Waals surface area contributed by atoms with Crippen LogP contribution in [0.5, 0.6) is 0 Å². The SMILES string of the molecule is CC(C)(O)C#Cc1ccc(Br)cc1. The van der Waals surface area contributed by atoms with Crippen LogP contribution in [0.3, 0.4) is 0 Å². The molecule has 0 spiro atoms. The Morgan fingerprint density at radius 3 is 2.23 bits per heavy atom. The monoisotopic (exact) mass is 238 g/mol. The largest absolute Gasteiger partial charge is 0.378 e. The van der Waals surface area contributed by atoms with Gasteiger partial charge in [-0.25, -0.2) is 0 Å². The Bertz CT molecular complexity index is 335. The Hall–Kier alpha value is -0.780. The Morgan fingerprint density at radius 2 is 1.77 bits per heavy atom. The topological polar surface area (TPSA) is 20.2 Å². The van der Waals surface area contributed by atoms with Gasteiger partial charge in [0, 0.05) is 10.0 Å². The van der Waals surface area contributed by atoms with E-state index in [0.29, 0.717) is 0 Å². The first-order valence-corrected chi connectivity index (χ1v) is 4.78. The third-order valence-electron chi connectivity index (χ3n) is 1.36. The third kappa shape index (κ3) is 4.12. The van der Waals surface area contributed by atoms with Gasteiger partial charge in [0.05, 0.1) is 0 Å². The van der Waals surface area contributed by atoms with Crippen molar-refractivity contribution in [2.45, 2.75) is 19.4 Å². The maximum absolute atomic E-state index is 9.35. The third-order valence-corrected chi connectivity index (χ3v) is 1.89. The highest BCUT2D eigenvalue weighted by atomic mass is 79.9. The fourth-order valence-corrected chi connectivity index (χ4v) is 1.02. The standard InChI is InChI=1S/C11H11BrO/c1-11(2,13)8-7-9-3-5-10(12)6-4-9/h3-6,13H,1-2H3. The average molecular weight is 239 g/mol. The van der Waals surface area contributed by atoms with Crippen LogP contribution in [0.4, 0.5) is 0 Å². The van der Waals surface area contributed by atoms with Crippen molar-refractivity contribution in [2.24, 2.45) is 0 Å². The molecular weight excluding hydrogens is 228 g/mol. The maximum Gasteiger partial charge on any atom is 0.120 e.